The normalized spacial score (nSPS) is 27.5. The number of nitrogens with two attached hydrogens (primary N) is 1. The standard InChI is InChI=1S/C18H25N3O2/c1-20(17(22)15-9-5-6-13(15)12-19)16-10-11-21(18(16)23)14-7-3-2-4-8-14/h2-4,7-8,13,15-16H,5-6,9-12,19H2,1H3/t13-,15-,16?/m1/s1. The zero-order chi connectivity index (χ0) is 16.4. The predicted molar refractivity (Wildman–Crippen MR) is 89.9 cm³/mol. The lowest BCUT2D eigenvalue weighted by Gasteiger charge is -2.28. The molecule has 2 amide bonds. The summed E-state index contributed by atoms with van der Waals surface area (Å²) in [6, 6.07) is 9.31. The maximum Gasteiger partial charge on any atom is 0.249 e. The largest absolute Gasteiger partial charge is 0.333 e. The van der Waals surface area contributed by atoms with Crippen LogP contribution >= 0.6 is 0 Å². The molecule has 3 rings (SSSR count). The van der Waals surface area contributed by atoms with Crippen molar-refractivity contribution in [2.45, 2.75) is 31.7 Å². The zero-order valence-electron chi connectivity index (χ0n) is 13.6. The van der Waals surface area contributed by atoms with Crippen molar-refractivity contribution in [2.24, 2.45) is 17.6 Å². The molecule has 1 saturated heterocycles. The van der Waals surface area contributed by atoms with Crippen molar-refractivity contribution >= 4 is 17.5 Å². The lowest BCUT2D eigenvalue weighted by Crippen LogP contribution is -2.46. The average molecular weight is 315 g/mol. The number of carbonyl (C=O) groups is 2. The SMILES string of the molecule is CN(C(=O)[C@@H]1CCC[C@@H]1CN)C1CCN(c2ccccc2)C1=O. The Morgan fingerprint density at radius 1 is 1.26 bits per heavy atom. The number of benzene rings is 1. The number of rotatable bonds is 4. The van der Waals surface area contributed by atoms with Crippen molar-refractivity contribution in [3.05, 3.63) is 30.3 Å². The molecule has 0 spiro atoms. The smallest absolute Gasteiger partial charge is 0.249 e. The summed E-state index contributed by atoms with van der Waals surface area (Å²) in [5.74, 6) is 0.371. The minimum absolute atomic E-state index is 0.0106. The Hall–Kier alpha value is -1.88. The highest BCUT2D eigenvalue weighted by molar-refractivity contribution is 6.01. The Morgan fingerprint density at radius 3 is 2.70 bits per heavy atom. The van der Waals surface area contributed by atoms with Crippen molar-refractivity contribution < 1.29 is 9.59 Å². The van der Waals surface area contributed by atoms with E-state index in [4.69, 9.17) is 5.73 Å². The first-order chi connectivity index (χ1) is 11.1. The van der Waals surface area contributed by atoms with Crippen molar-refractivity contribution in [3.8, 4) is 0 Å². The van der Waals surface area contributed by atoms with E-state index in [1.54, 1.807) is 16.8 Å². The first-order valence-electron chi connectivity index (χ1n) is 8.46. The molecule has 23 heavy (non-hydrogen) atoms. The maximum atomic E-state index is 12.8. The third kappa shape index (κ3) is 2.98. The van der Waals surface area contributed by atoms with Crippen molar-refractivity contribution in [2.75, 3.05) is 25.0 Å². The zero-order valence-corrected chi connectivity index (χ0v) is 13.6. The molecular weight excluding hydrogens is 290 g/mol. The molecule has 1 heterocycles. The minimum Gasteiger partial charge on any atom is -0.333 e. The number of amides is 2. The molecular formula is C18H25N3O2. The van der Waals surface area contributed by atoms with Gasteiger partial charge >= 0.3 is 0 Å². The van der Waals surface area contributed by atoms with E-state index in [9.17, 15) is 9.59 Å². The predicted octanol–water partition coefficient (Wildman–Crippen LogP) is 1.63. The van der Waals surface area contributed by atoms with Gasteiger partial charge in [0.15, 0.2) is 0 Å². The van der Waals surface area contributed by atoms with E-state index in [-0.39, 0.29) is 29.7 Å². The number of carbonyl (C=O) groups excluding carboxylic acids is 2. The monoisotopic (exact) mass is 315 g/mol. The van der Waals surface area contributed by atoms with Crippen molar-refractivity contribution in [1.82, 2.24) is 4.90 Å². The summed E-state index contributed by atoms with van der Waals surface area (Å²) in [5, 5.41) is 0. The van der Waals surface area contributed by atoms with Crippen LogP contribution in [0.2, 0.25) is 0 Å². The van der Waals surface area contributed by atoms with Crippen LogP contribution in [0, 0.1) is 11.8 Å². The van der Waals surface area contributed by atoms with Gasteiger partial charge in [0.2, 0.25) is 11.8 Å². The third-order valence-electron chi connectivity index (χ3n) is 5.34. The Labute approximate surface area is 137 Å². The Morgan fingerprint density at radius 2 is 2.00 bits per heavy atom. The molecule has 1 aliphatic heterocycles. The number of likely N-dealkylation sites (N-methyl/N-ethyl adjacent to an activating group) is 1. The van der Waals surface area contributed by atoms with Crippen LogP contribution in [0.1, 0.15) is 25.7 Å². The van der Waals surface area contributed by atoms with Crippen LogP contribution in [-0.2, 0) is 9.59 Å². The fraction of sp³-hybridized carbons (Fsp3) is 0.556. The molecule has 1 aromatic rings. The number of hydrogen-bond acceptors (Lipinski definition) is 3. The van der Waals surface area contributed by atoms with E-state index >= 15 is 0 Å². The summed E-state index contributed by atoms with van der Waals surface area (Å²) in [4.78, 5) is 29.0. The molecule has 1 saturated carbocycles. The second kappa shape index (κ2) is 6.71. The lowest BCUT2D eigenvalue weighted by atomic mass is 9.94. The Kier molecular flexibility index (Phi) is 4.66. The molecule has 2 N–H and O–H groups in total. The van der Waals surface area contributed by atoms with Gasteiger partial charge in [0, 0.05) is 25.2 Å². The molecule has 0 radical (unpaired) electrons. The van der Waals surface area contributed by atoms with E-state index < -0.39 is 0 Å². The van der Waals surface area contributed by atoms with E-state index in [0.29, 0.717) is 19.5 Å². The summed E-state index contributed by atoms with van der Waals surface area (Å²) >= 11 is 0. The van der Waals surface area contributed by atoms with Gasteiger partial charge in [-0.1, -0.05) is 24.6 Å². The minimum atomic E-state index is -0.346. The molecule has 1 unspecified atom stereocenters. The van der Waals surface area contributed by atoms with Gasteiger partial charge in [0.1, 0.15) is 6.04 Å². The summed E-state index contributed by atoms with van der Waals surface area (Å²) in [5.41, 5.74) is 6.70. The molecule has 2 aliphatic rings. The second-order valence-electron chi connectivity index (χ2n) is 6.61. The number of anilines is 1. The van der Waals surface area contributed by atoms with Crippen LogP contribution < -0.4 is 10.6 Å². The number of nitrogens with zero attached hydrogens (tertiary/aromatic N) is 2. The highest BCUT2D eigenvalue weighted by Crippen LogP contribution is 2.33. The van der Waals surface area contributed by atoms with Gasteiger partial charge < -0.3 is 15.5 Å². The quantitative estimate of drug-likeness (QED) is 0.918. The molecule has 1 aliphatic carbocycles. The third-order valence-corrected chi connectivity index (χ3v) is 5.34. The topological polar surface area (TPSA) is 66.6 Å². The van der Waals surface area contributed by atoms with Gasteiger partial charge in [0.05, 0.1) is 0 Å². The van der Waals surface area contributed by atoms with E-state index in [1.807, 2.05) is 30.3 Å². The number of hydrogen-bond donors (Lipinski definition) is 1. The van der Waals surface area contributed by atoms with E-state index in [1.165, 1.54) is 0 Å². The summed E-state index contributed by atoms with van der Waals surface area (Å²) in [6.45, 7) is 1.22. The molecule has 5 heteroatoms. The van der Waals surface area contributed by atoms with Crippen LogP contribution in [-0.4, -0.2) is 42.9 Å². The fourth-order valence-corrected chi connectivity index (χ4v) is 3.95. The maximum absolute atomic E-state index is 12.8. The van der Waals surface area contributed by atoms with Crippen LogP contribution in [0.3, 0.4) is 0 Å². The van der Waals surface area contributed by atoms with E-state index in [0.717, 1.165) is 24.9 Å². The highest BCUT2D eigenvalue weighted by atomic mass is 16.2. The first kappa shape index (κ1) is 16.0. The van der Waals surface area contributed by atoms with Gasteiger partial charge in [-0.05, 0) is 43.9 Å². The van der Waals surface area contributed by atoms with E-state index in [2.05, 4.69) is 0 Å². The molecule has 124 valence electrons. The van der Waals surface area contributed by atoms with Crippen LogP contribution in [0.4, 0.5) is 5.69 Å². The summed E-state index contributed by atoms with van der Waals surface area (Å²) < 4.78 is 0. The Balaban J connectivity index is 1.70. The fourth-order valence-electron chi connectivity index (χ4n) is 3.95. The van der Waals surface area contributed by atoms with Crippen LogP contribution in [0.25, 0.3) is 0 Å². The lowest BCUT2D eigenvalue weighted by molar-refractivity contribution is -0.141. The molecule has 2 fully saturated rings. The van der Waals surface area contributed by atoms with Gasteiger partial charge in [0.25, 0.3) is 0 Å². The van der Waals surface area contributed by atoms with Gasteiger partial charge in [-0.25, -0.2) is 0 Å². The Bertz CT molecular complexity index is 575. The molecule has 3 atom stereocenters. The highest BCUT2D eigenvalue weighted by Gasteiger charge is 2.41. The summed E-state index contributed by atoms with van der Waals surface area (Å²) in [7, 11) is 1.77. The number of para-hydroxylation sites is 1. The first-order valence-corrected chi connectivity index (χ1v) is 8.46. The molecule has 0 aromatic heterocycles. The second-order valence-corrected chi connectivity index (χ2v) is 6.61. The molecule has 5 nitrogen and oxygen atoms in total. The van der Waals surface area contributed by atoms with Gasteiger partial charge in [-0.15, -0.1) is 0 Å². The molecule has 1 aromatic carbocycles. The summed E-state index contributed by atoms with van der Waals surface area (Å²) in [6.07, 6.45) is 3.67. The average Bonchev–Trinajstić information content (AvgIpc) is 3.20. The van der Waals surface area contributed by atoms with Gasteiger partial charge in [-0.3, -0.25) is 9.59 Å². The molecule has 0 bridgehead atoms. The van der Waals surface area contributed by atoms with Crippen molar-refractivity contribution in [1.29, 1.82) is 0 Å². The van der Waals surface area contributed by atoms with Crippen molar-refractivity contribution in [3.63, 3.8) is 0 Å². The van der Waals surface area contributed by atoms with Crippen LogP contribution in [0.15, 0.2) is 30.3 Å². The van der Waals surface area contributed by atoms with Gasteiger partial charge in [-0.2, -0.15) is 0 Å². The van der Waals surface area contributed by atoms with Crippen LogP contribution in [0.5, 0.6) is 0 Å².